The fourth-order valence-electron chi connectivity index (χ4n) is 3.56. The van der Waals surface area contributed by atoms with E-state index in [9.17, 15) is 14.7 Å². The Bertz CT molecular complexity index is 1070. The summed E-state index contributed by atoms with van der Waals surface area (Å²) in [5.74, 6) is -0.190. The summed E-state index contributed by atoms with van der Waals surface area (Å²) in [6, 6.07) is 6.78. The van der Waals surface area contributed by atoms with Gasteiger partial charge in [0, 0.05) is 10.6 Å². The number of hydrogen-bond donors (Lipinski definition) is 3. The Morgan fingerprint density at radius 3 is 2.67 bits per heavy atom. The number of thiophene rings is 1. The molecule has 0 atom stereocenters. The number of carbonyl (C=O) groups is 1. The number of carbonyl (C=O) groups excluding carboxylic acids is 1. The van der Waals surface area contributed by atoms with Gasteiger partial charge in [-0.15, -0.1) is 11.3 Å². The smallest absolute Gasteiger partial charge is 0.265 e. The van der Waals surface area contributed by atoms with Crippen LogP contribution in [0.1, 0.15) is 40.1 Å². The number of amides is 1. The summed E-state index contributed by atoms with van der Waals surface area (Å²) in [6.07, 6.45) is 5.11. The minimum absolute atomic E-state index is 0.223. The molecule has 4 rings (SSSR count). The van der Waals surface area contributed by atoms with Crippen LogP contribution in [0.4, 0.5) is 5.69 Å². The number of hydrogen-bond acceptors (Lipinski definition) is 5. The zero-order chi connectivity index (χ0) is 19.0. The van der Waals surface area contributed by atoms with Crippen LogP contribution in [-0.2, 0) is 12.8 Å². The monoisotopic (exact) mass is 384 g/mol. The Morgan fingerprint density at radius 2 is 1.93 bits per heavy atom. The van der Waals surface area contributed by atoms with Crippen LogP contribution in [-0.4, -0.2) is 23.1 Å². The first-order chi connectivity index (χ1) is 13.1. The number of nitrogens with one attached hydrogen (secondary N) is 2. The Morgan fingerprint density at radius 1 is 1.19 bits per heavy atom. The molecule has 140 valence electrons. The molecule has 0 fully saturated rings. The zero-order valence-electron chi connectivity index (χ0n) is 14.9. The van der Waals surface area contributed by atoms with E-state index in [4.69, 9.17) is 4.74 Å². The van der Waals surface area contributed by atoms with Gasteiger partial charge in [0.05, 0.1) is 12.5 Å². The number of fused-ring (bicyclic) bond motifs is 3. The molecule has 0 saturated heterocycles. The number of H-pyrrole nitrogens is 1. The summed E-state index contributed by atoms with van der Waals surface area (Å²) in [4.78, 5) is 29.8. The zero-order valence-corrected chi connectivity index (χ0v) is 15.7. The van der Waals surface area contributed by atoms with Crippen molar-refractivity contribution in [1.82, 2.24) is 4.98 Å². The predicted molar refractivity (Wildman–Crippen MR) is 106 cm³/mol. The molecule has 2 heterocycles. The standard InChI is InChI=1S/C20H20N2O4S/c1-26-12-9-7-11(8-10-12)21-18(24)16-17(23)15-13-5-3-2-4-6-14(13)27-20(15)22-19(16)25/h7-10H,2-6H2,1H3,(H,21,24)(H2,22,23,25). The first kappa shape index (κ1) is 17.6. The van der Waals surface area contributed by atoms with Crippen LogP contribution in [0.3, 0.4) is 0 Å². The third kappa shape index (κ3) is 3.19. The van der Waals surface area contributed by atoms with Crippen LogP contribution in [0.25, 0.3) is 10.2 Å². The molecule has 1 aliphatic carbocycles. The van der Waals surface area contributed by atoms with Gasteiger partial charge in [-0.3, -0.25) is 9.59 Å². The number of anilines is 1. The van der Waals surface area contributed by atoms with Crippen LogP contribution in [0.15, 0.2) is 29.1 Å². The van der Waals surface area contributed by atoms with E-state index in [0.717, 1.165) is 37.7 Å². The molecule has 3 N–H and O–H groups in total. The molecule has 0 spiro atoms. The first-order valence-electron chi connectivity index (χ1n) is 8.93. The normalized spacial score (nSPS) is 13.8. The maximum absolute atomic E-state index is 12.7. The van der Waals surface area contributed by atoms with E-state index >= 15 is 0 Å². The second-order valence-corrected chi connectivity index (χ2v) is 7.73. The summed E-state index contributed by atoms with van der Waals surface area (Å²) in [6.45, 7) is 0. The number of rotatable bonds is 3. The molecule has 2 aromatic heterocycles. The summed E-state index contributed by atoms with van der Waals surface area (Å²) < 4.78 is 5.09. The molecule has 0 unspecified atom stereocenters. The SMILES string of the molecule is COc1ccc(NC(=O)c2c(O)c3c4c(sc3[nH]c2=O)CCCCC4)cc1. The average molecular weight is 384 g/mol. The van der Waals surface area contributed by atoms with Crippen LogP contribution in [0.2, 0.25) is 0 Å². The lowest BCUT2D eigenvalue weighted by Gasteiger charge is -2.09. The van der Waals surface area contributed by atoms with E-state index in [1.807, 2.05) is 0 Å². The van der Waals surface area contributed by atoms with Crippen molar-refractivity contribution in [3.63, 3.8) is 0 Å². The van der Waals surface area contributed by atoms with Crippen LogP contribution < -0.4 is 15.6 Å². The van der Waals surface area contributed by atoms with Gasteiger partial charge in [-0.25, -0.2) is 0 Å². The summed E-state index contributed by atoms with van der Waals surface area (Å²) >= 11 is 1.51. The lowest BCUT2D eigenvalue weighted by molar-refractivity contribution is 0.102. The lowest BCUT2D eigenvalue weighted by Crippen LogP contribution is -2.23. The number of pyridine rings is 1. The number of aryl methyl sites for hydroxylation is 2. The molecule has 0 bridgehead atoms. The largest absolute Gasteiger partial charge is 0.506 e. The molecule has 27 heavy (non-hydrogen) atoms. The lowest BCUT2D eigenvalue weighted by atomic mass is 10.0. The van der Waals surface area contributed by atoms with Gasteiger partial charge in [0.15, 0.2) is 0 Å². The maximum atomic E-state index is 12.7. The van der Waals surface area contributed by atoms with E-state index in [1.54, 1.807) is 31.4 Å². The summed E-state index contributed by atoms with van der Waals surface area (Å²) in [7, 11) is 1.56. The van der Waals surface area contributed by atoms with Crippen molar-refractivity contribution in [3.8, 4) is 11.5 Å². The van der Waals surface area contributed by atoms with Gasteiger partial charge in [-0.2, -0.15) is 0 Å². The molecule has 7 heteroatoms. The molecule has 6 nitrogen and oxygen atoms in total. The van der Waals surface area contributed by atoms with Crippen molar-refractivity contribution in [1.29, 1.82) is 0 Å². The summed E-state index contributed by atoms with van der Waals surface area (Å²) in [5.41, 5.74) is 0.758. The fraction of sp³-hybridized carbons (Fsp3) is 0.300. The number of benzene rings is 1. The van der Waals surface area contributed by atoms with Gasteiger partial charge in [0.25, 0.3) is 11.5 Å². The van der Waals surface area contributed by atoms with Crippen LogP contribution in [0, 0.1) is 0 Å². The Kier molecular flexibility index (Phi) is 4.61. The van der Waals surface area contributed by atoms with E-state index in [1.165, 1.54) is 16.2 Å². The Balaban J connectivity index is 1.75. The molecular weight excluding hydrogens is 364 g/mol. The molecule has 0 radical (unpaired) electrons. The van der Waals surface area contributed by atoms with Crippen LogP contribution >= 0.6 is 11.3 Å². The molecule has 3 aromatic rings. The van der Waals surface area contributed by atoms with Gasteiger partial charge < -0.3 is 20.1 Å². The molecule has 1 aliphatic rings. The maximum Gasteiger partial charge on any atom is 0.265 e. The highest BCUT2D eigenvalue weighted by atomic mass is 32.1. The second kappa shape index (κ2) is 7.08. The van der Waals surface area contributed by atoms with Crippen molar-refractivity contribution in [2.24, 2.45) is 0 Å². The first-order valence-corrected chi connectivity index (χ1v) is 9.75. The highest BCUT2D eigenvalue weighted by molar-refractivity contribution is 7.18. The molecule has 0 saturated carbocycles. The molecule has 0 aliphatic heterocycles. The number of ether oxygens (including phenoxy) is 1. The molecule has 1 amide bonds. The quantitative estimate of drug-likeness (QED) is 0.599. The minimum Gasteiger partial charge on any atom is -0.506 e. The number of methoxy groups -OCH3 is 1. The van der Waals surface area contributed by atoms with Gasteiger partial charge in [0.2, 0.25) is 0 Å². The van der Waals surface area contributed by atoms with E-state index < -0.39 is 11.5 Å². The van der Waals surface area contributed by atoms with Crippen molar-refractivity contribution in [2.45, 2.75) is 32.1 Å². The highest BCUT2D eigenvalue weighted by Gasteiger charge is 2.25. The van der Waals surface area contributed by atoms with Crippen molar-refractivity contribution >= 4 is 33.1 Å². The van der Waals surface area contributed by atoms with Crippen molar-refractivity contribution in [2.75, 3.05) is 12.4 Å². The molecular formula is C20H20N2O4S. The minimum atomic E-state index is -0.630. The third-order valence-electron chi connectivity index (χ3n) is 4.92. The number of aromatic nitrogens is 1. The Hall–Kier alpha value is -2.80. The summed E-state index contributed by atoms with van der Waals surface area (Å²) in [5, 5.41) is 14.1. The van der Waals surface area contributed by atoms with Crippen molar-refractivity contribution < 1.29 is 14.6 Å². The van der Waals surface area contributed by atoms with Gasteiger partial charge >= 0.3 is 0 Å². The number of aromatic hydroxyl groups is 1. The topological polar surface area (TPSA) is 91.4 Å². The number of aromatic amines is 1. The average Bonchev–Trinajstić information content (AvgIpc) is 2.83. The fourth-order valence-corrected chi connectivity index (χ4v) is 4.84. The third-order valence-corrected chi connectivity index (χ3v) is 6.13. The van der Waals surface area contributed by atoms with E-state index in [2.05, 4.69) is 10.3 Å². The Labute approximate surface area is 159 Å². The van der Waals surface area contributed by atoms with Gasteiger partial charge in [-0.05, 0) is 55.5 Å². The van der Waals surface area contributed by atoms with Crippen molar-refractivity contribution in [3.05, 3.63) is 50.6 Å². The predicted octanol–water partition coefficient (Wildman–Crippen LogP) is 3.83. The van der Waals surface area contributed by atoms with Gasteiger partial charge in [0.1, 0.15) is 21.9 Å². The van der Waals surface area contributed by atoms with E-state index in [0.29, 0.717) is 21.7 Å². The van der Waals surface area contributed by atoms with Gasteiger partial charge in [-0.1, -0.05) is 6.42 Å². The highest BCUT2D eigenvalue weighted by Crippen LogP contribution is 2.39. The van der Waals surface area contributed by atoms with Crippen LogP contribution in [0.5, 0.6) is 11.5 Å². The second-order valence-electron chi connectivity index (χ2n) is 6.63. The molecule has 1 aromatic carbocycles. The van der Waals surface area contributed by atoms with E-state index in [-0.39, 0.29) is 11.3 Å².